The van der Waals surface area contributed by atoms with E-state index in [1.165, 1.54) is 5.56 Å². The molecule has 142 valence electrons. The lowest BCUT2D eigenvalue weighted by atomic mass is 9.87. The molecular formula is C22H31NO3. The second-order valence-electron chi connectivity index (χ2n) is 8.09. The predicted octanol–water partition coefficient (Wildman–Crippen LogP) is 5.07. The van der Waals surface area contributed by atoms with Gasteiger partial charge in [-0.05, 0) is 48.8 Å². The second kappa shape index (κ2) is 9.02. The molecule has 1 heterocycles. The Labute approximate surface area is 156 Å². The van der Waals surface area contributed by atoms with Crippen molar-refractivity contribution in [3.05, 3.63) is 42.0 Å². The predicted molar refractivity (Wildman–Crippen MR) is 106 cm³/mol. The molecule has 0 spiro atoms. The van der Waals surface area contributed by atoms with Crippen LogP contribution < -0.4 is 4.90 Å². The van der Waals surface area contributed by atoms with Crippen molar-refractivity contribution in [3.63, 3.8) is 0 Å². The van der Waals surface area contributed by atoms with Crippen LogP contribution in [-0.2, 0) is 15.0 Å². The highest BCUT2D eigenvalue weighted by Crippen LogP contribution is 2.30. The van der Waals surface area contributed by atoms with Crippen molar-refractivity contribution in [2.24, 2.45) is 0 Å². The van der Waals surface area contributed by atoms with E-state index in [4.69, 9.17) is 5.11 Å². The van der Waals surface area contributed by atoms with Crippen LogP contribution in [0.2, 0.25) is 0 Å². The number of allylic oxidation sites excluding steroid dienone is 1. The number of rotatable bonds is 8. The minimum atomic E-state index is -0.724. The maximum absolute atomic E-state index is 12.3. The van der Waals surface area contributed by atoms with Crippen molar-refractivity contribution in [3.8, 4) is 0 Å². The number of anilines is 1. The molecule has 26 heavy (non-hydrogen) atoms. The van der Waals surface area contributed by atoms with Gasteiger partial charge in [-0.25, -0.2) is 0 Å². The van der Waals surface area contributed by atoms with Crippen molar-refractivity contribution >= 4 is 17.6 Å². The van der Waals surface area contributed by atoms with Gasteiger partial charge in [-0.2, -0.15) is 0 Å². The van der Waals surface area contributed by atoms with Crippen molar-refractivity contribution in [2.45, 2.75) is 77.2 Å². The van der Waals surface area contributed by atoms with Gasteiger partial charge in [-0.1, -0.05) is 51.5 Å². The molecule has 0 aromatic heterocycles. The van der Waals surface area contributed by atoms with E-state index in [9.17, 15) is 9.59 Å². The Bertz CT molecular complexity index is 640. The van der Waals surface area contributed by atoms with E-state index in [-0.39, 0.29) is 23.8 Å². The van der Waals surface area contributed by atoms with Crippen LogP contribution in [-0.4, -0.2) is 23.0 Å². The quantitative estimate of drug-likeness (QED) is 0.522. The molecule has 4 heteroatoms. The number of benzene rings is 1. The number of carboxylic acids is 1. The number of unbranched alkanes of at least 4 members (excludes halogenated alkanes) is 3. The number of aliphatic carboxylic acids is 1. The van der Waals surface area contributed by atoms with Crippen LogP contribution in [0.15, 0.2) is 36.4 Å². The first kappa shape index (κ1) is 20.2. The fourth-order valence-corrected chi connectivity index (χ4v) is 3.31. The van der Waals surface area contributed by atoms with Gasteiger partial charge in [-0.15, -0.1) is 0 Å². The molecule has 1 fully saturated rings. The number of carbonyl (C=O) groups excluding carboxylic acids is 1. The van der Waals surface area contributed by atoms with E-state index in [0.29, 0.717) is 6.42 Å². The number of hydrogen-bond donors (Lipinski definition) is 1. The highest BCUT2D eigenvalue weighted by molar-refractivity contribution is 5.96. The van der Waals surface area contributed by atoms with E-state index in [2.05, 4.69) is 57.2 Å². The van der Waals surface area contributed by atoms with Gasteiger partial charge in [0.05, 0.1) is 6.04 Å². The van der Waals surface area contributed by atoms with Crippen LogP contribution in [0, 0.1) is 0 Å². The molecule has 0 aliphatic carbocycles. The first-order chi connectivity index (χ1) is 12.3. The number of hydrogen-bond acceptors (Lipinski definition) is 2. The molecular weight excluding hydrogens is 326 g/mol. The van der Waals surface area contributed by atoms with Gasteiger partial charge < -0.3 is 10.0 Å². The fraction of sp³-hybridized carbons (Fsp3) is 0.545. The van der Waals surface area contributed by atoms with Crippen LogP contribution in [0.4, 0.5) is 5.69 Å². The molecule has 1 aromatic carbocycles. The Balaban J connectivity index is 1.91. The second-order valence-corrected chi connectivity index (χ2v) is 8.09. The van der Waals surface area contributed by atoms with Gasteiger partial charge in [0.15, 0.2) is 0 Å². The van der Waals surface area contributed by atoms with Crippen molar-refractivity contribution < 1.29 is 14.7 Å². The molecule has 1 N–H and O–H groups in total. The van der Waals surface area contributed by atoms with Gasteiger partial charge in [0.1, 0.15) is 0 Å². The van der Waals surface area contributed by atoms with Gasteiger partial charge in [0.25, 0.3) is 0 Å². The van der Waals surface area contributed by atoms with Crippen LogP contribution >= 0.6 is 0 Å². The van der Waals surface area contributed by atoms with E-state index in [1.807, 2.05) is 4.90 Å². The summed E-state index contributed by atoms with van der Waals surface area (Å²) in [6.45, 7) is 6.56. The Morgan fingerprint density at radius 1 is 1.19 bits per heavy atom. The van der Waals surface area contributed by atoms with Crippen molar-refractivity contribution in [1.82, 2.24) is 0 Å². The molecule has 1 aliphatic heterocycles. The van der Waals surface area contributed by atoms with E-state index in [1.54, 1.807) is 0 Å². The largest absolute Gasteiger partial charge is 0.481 e. The summed E-state index contributed by atoms with van der Waals surface area (Å²) in [5.41, 5.74) is 2.34. The van der Waals surface area contributed by atoms with Crippen LogP contribution in [0.25, 0.3) is 0 Å². The van der Waals surface area contributed by atoms with Crippen LogP contribution in [0.3, 0.4) is 0 Å². The maximum Gasteiger partial charge on any atom is 0.303 e. The monoisotopic (exact) mass is 357 g/mol. The zero-order chi connectivity index (χ0) is 19.2. The Kier molecular flexibility index (Phi) is 7.01. The number of carbonyl (C=O) groups is 2. The van der Waals surface area contributed by atoms with Crippen LogP contribution in [0.5, 0.6) is 0 Å². The topological polar surface area (TPSA) is 57.6 Å². The minimum Gasteiger partial charge on any atom is -0.481 e. The summed E-state index contributed by atoms with van der Waals surface area (Å²) in [5, 5.41) is 8.63. The molecule has 4 nitrogen and oxygen atoms in total. The maximum atomic E-state index is 12.3. The third-order valence-electron chi connectivity index (χ3n) is 4.89. The van der Waals surface area contributed by atoms with E-state index < -0.39 is 5.97 Å². The first-order valence-corrected chi connectivity index (χ1v) is 9.60. The molecule has 2 rings (SSSR count). The third kappa shape index (κ3) is 5.72. The van der Waals surface area contributed by atoms with Crippen LogP contribution in [0.1, 0.15) is 71.3 Å². The molecule has 1 aliphatic rings. The summed E-state index contributed by atoms with van der Waals surface area (Å²) < 4.78 is 0. The summed E-state index contributed by atoms with van der Waals surface area (Å²) >= 11 is 0. The summed E-state index contributed by atoms with van der Waals surface area (Å²) in [5.74, 6) is -0.539. The lowest BCUT2D eigenvalue weighted by Crippen LogP contribution is -2.31. The van der Waals surface area contributed by atoms with Crippen molar-refractivity contribution in [2.75, 3.05) is 4.90 Å². The summed E-state index contributed by atoms with van der Waals surface area (Å²) in [7, 11) is 0. The lowest BCUT2D eigenvalue weighted by Gasteiger charge is -2.25. The third-order valence-corrected chi connectivity index (χ3v) is 4.89. The standard InChI is InChI=1S/C22H31NO3/c1-22(2,3)17-11-13-19(14-12-17)23-18(15-16-20(23)24)9-7-5-4-6-8-10-21(25)26/h7,9,11-14,18H,4-6,8,10,15-16H2,1-3H3,(H,25,26)/b9-7-. The molecule has 0 radical (unpaired) electrons. The van der Waals surface area contributed by atoms with E-state index >= 15 is 0 Å². The van der Waals surface area contributed by atoms with Gasteiger partial charge >= 0.3 is 5.97 Å². The van der Waals surface area contributed by atoms with Gasteiger partial charge in [-0.3, -0.25) is 9.59 Å². The Morgan fingerprint density at radius 2 is 1.88 bits per heavy atom. The smallest absolute Gasteiger partial charge is 0.303 e. The molecule has 0 saturated carbocycles. The lowest BCUT2D eigenvalue weighted by molar-refractivity contribution is -0.137. The highest BCUT2D eigenvalue weighted by atomic mass is 16.4. The average Bonchev–Trinajstić information content (AvgIpc) is 2.93. The normalized spacial score (nSPS) is 18.0. The molecule has 1 aromatic rings. The number of amides is 1. The SMILES string of the molecule is CC(C)(C)c1ccc(N2C(=O)CCC2/C=C\CCCCCC(=O)O)cc1. The molecule has 1 saturated heterocycles. The minimum absolute atomic E-state index is 0.105. The van der Waals surface area contributed by atoms with Gasteiger partial charge in [0.2, 0.25) is 5.91 Å². The number of nitrogens with zero attached hydrogens (tertiary/aromatic N) is 1. The van der Waals surface area contributed by atoms with Crippen molar-refractivity contribution in [1.29, 1.82) is 0 Å². The van der Waals surface area contributed by atoms with E-state index in [0.717, 1.165) is 37.8 Å². The fourth-order valence-electron chi connectivity index (χ4n) is 3.31. The molecule has 1 amide bonds. The average molecular weight is 357 g/mol. The summed E-state index contributed by atoms with van der Waals surface area (Å²) in [6, 6.07) is 8.46. The Hall–Kier alpha value is -2.10. The highest BCUT2D eigenvalue weighted by Gasteiger charge is 2.30. The van der Waals surface area contributed by atoms with Gasteiger partial charge in [0, 0.05) is 18.5 Å². The zero-order valence-corrected chi connectivity index (χ0v) is 16.2. The molecule has 1 atom stereocenters. The zero-order valence-electron chi connectivity index (χ0n) is 16.2. The number of carboxylic acid groups (broad SMARTS) is 1. The summed E-state index contributed by atoms with van der Waals surface area (Å²) in [6.07, 6.45) is 9.56. The Morgan fingerprint density at radius 3 is 2.50 bits per heavy atom. The summed E-state index contributed by atoms with van der Waals surface area (Å²) in [4.78, 5) is 24.7. The molecule has 0 bridgehead atoms. The molecule has 1 unspecified atom stereocenters. The first-order valence-electron chi connectivity index (χ1n) is 9.60.